The number of carboxylic acids is 1. The Balaban J connectivity index is 2.15. The Labute approximate surface area is 158 Å². The minimum Gasteiger partial charge on any atom is -0.550 e. The van der Waals surface area contributed by atoms with Gasteiger partial charge in [0.1, 0.15) is 0 Å². The zero-order chi connectivity index (χ0) is 20.7. The second-order valence-electron chi connectivity index (χ2n) is 5.82. The molecule has 0 spiro atoms. The third kappa shape index (κ3) is 5.83. The maximum Gasteiger partial charge on any atom is 0.418 e. The van der Waals surface area contributed by atoms with Gasteiger partial charge in [-0.1, -0.05) is 24.3 Å². The zero-order valence-electron chi connectivity index (χ0n) is 14.5. The van der Waals surface area contributed by atoms with E-state index >= 15 is 0 Å². The summed E-state index contributed by atoms with van der Waals surface area (Å²) >= 11 is 0. The Kier molecular flexibility index (Phi) is 6.75. The van der Waals surface area contributed by atoms with Crippen molar-refractivity contribution in [2.75, 3.05) is 10.6 Å². The van der Waals surface area contributed by atoms with Crippen LogP contribution < -0.4 is 15.7 Å². The summed E-state index contributed by atoms with van der Waals surface area (Å²) in [7, 11) is 0. The van der Waals surface area contributed by atoms with Crippen LogP contribution in [-0.2, 0) is 15.8 Å². The Morgan fingerprint density at radius 1 is 0.857 bits per heavy atom. The number of halogens is 3. The van der Waals surface area contributed by atoms with Crippen LogP contribution in [0.3, 0.4) is 0 Å². The molecule has 2 N–H and O–H groups in total. The molecule has 0 fully saturated rings. The van der Waals surface area contributed by atoms with E-state index in [1.165, 1.54) is 36.4 Å². The normalized spacial score (nSPS) is 11.0. The number of nitrogens with one attached hydrogen (secondary N) is 2. The summed E-state index contributed by atoms with van der Waals surface area (Å²) in [6.07, 6.45) is -4.98. The van der Waals surface area contributed by atoms with E-state index in [9.17, 15) is 32.7 Å². The molecule has 2 aromatic carbocycles. The fourth-order valence-electron chi connectivity index (χ4n) is 2.43. The van der Waals surface area contributed by atoms with E-state index < -0.39 is 35.2 Å². The molecule has 0 heterocycles. The predicted molar refractivity (Wildman–Crippen MR) is 93.3 cm³/mol. The Morgan fingerprint density at radius 2 is 1.46 bits per heavy atom. The van der Waals surface area contributed by atoms with Gasteiger partial charge in [-0.3, -0.25) is 9.59 Å². The van der Waals surface area contributed by atoms with Gasteiger partial charge in [-0.25, -0.2) is 0 Å². The first-order valence-electron chi connectivity index (χ1n) is 8.25. The predicted octanol–water partition coefficient (Wildman–Crippen LogP) is 2.82. The van der Waals surface area contributed by atoms with Gasteiger partial charge < -0.3 is 20.5 Å². The third-order valence-electron chi connectivity index (χ3n) is 3.71. The molecule has 2 aromatic rings. The lowest BCUT2D eigenvalue weighted by molar-refractivity contribution is -0.305. The average Bonchev–Trinajstić information content (AvgIpc) is 2.61. The van der Waals surface area contributed by atoms with Gasteiger partial charge >= 0.3 is 6.18 Å². The number of alkyl halides is 3. The van der Waals surface area contributed by atoms with Crippen LogP contribution in [0.25, 0.3) is 0 Å². The van der Waals surface area contributed by atoms with Crippen LogP contribution in [0.4, 0.5) is 24.5 Å². The van der Waals surface area contributed by atoms with Gasteiger partial charge in [0.25, 0.3) is 5.91 Å². The molecular weight excluding hydrogens is 377 g/mol. The smallest absolute Gasteiger partial charge is 0.418 e. The molecule has 148 valence electrons. The Morgan fingerprint density at radius 3 is 2.11 bits per heavy atom. The highest BCUT2D eigenvalue weighted by molar-refractivity contribution is 6.10. The van der Waals surface area contributed by atoms with Crippen molar-refractivity contribution in [1.29, 1.82) is 0 Å². The molecule has 28 heavy (non-hydrogen) atoms. The molecule has 0 bridgehead atoms. The standard InChI is InChI=1S/C19H17F3N2O4/c20-19(21,22)13-7-2-4-9-15(13)24-18(28)12-6-1-3-8-14(12)23-16(25)10-5-11-17(26)27/h1-4,6-9H,5,10-11H2,(H,23,25)(H,24,28)(H,26,27)/p-1. The molecule has 6 nitrogen and oxygen atoms in total. The molecule has 2 amide bonds. The number of rotatable bonds is 7. The second-order valence-corrected chi connectivity index (χ2v) is 5.82. The van der Waals surface area contributed by atoms with E-state index in [0.717, 1.165) is 12.1 Å². The molecule has 0 aliphatic heterocycles. The van der Waals surface area contributed by atoms with Crippen molar-refractivity contribution in [3.63, 3.8) is 0 Å². The first-order chi connectivity index (χ1) is 13.2. The first-order valence-corrected chi connectivity index (χ1v) is 8.25. The molecule has 9 heteroatoms. The molecule has 0 saturated carbocycles. The quantitative estimate of drug-likeness (QED) is 0.756. The van der Waals surface area contributed by atoms with Crippen LogP contribution >= 0.6 is 0 Å². The van der Waals surface area contributed by atoms with E-state index in [1.54, 1.807) is 0 Å². The second kappa shape index (κ2) is 9.03. The maximum absolute atomic E-state index is 13.1. The maximum atomic E-state index is 13.1. The van der Waals surface area contributed by atoms with Crippen LogP contribution in [0.2, 0.25) is 0 Å². The topological polar surface area (TPSA) is 98.3 Å². The Hall–Kier alpha value is -3.36. The lowest BCUT2D eigenvalue weighted by atomic mass is 10.1. The molecule has 0 aliphatic carbocycles. The van der Waals surface area contributed by atoms with Crippen molar-refractivity contribution >= 4 is 29.2 Å². The van der Waals surface area contributed by atoms with Gasteiger partial charge in [0.2, 0.25) is 5.91 Å². The van der Waals surface area contributed by atoms with E-state index in [4.69, 9.17) is 0 Å². The molecule has 0 atom stereocenters. The molecular formula is C19H16F3N2O4-. The third-order valence-corrected chi connectivity index (χ3v) is 3.71. The summed E-state index contributed by atoms with van der Waals surface area (Å²) in [6, 6.07) is 10.3. The molecule has 0 radical (unpaired) electrons. The minimum absolute atomic E-state index is 0.0345. The van der Waals surface area contributed by atoms with Gasteiger partial charge in [-0.15, -0.1) is 0 Å². The summed E-state index contributed by atoms with van der Waals surface area (Å²) in [5.74, 6) is -2.64. The summed E-state index contributed by atoms with van der Waals surface area (Å²) in [5.41, 5.74) is -1.34. The highest BCUT2D eigenvalue weighted by Crippen LogP contribution is 2.34. The molecule has 0 aromatic heterocycles. The lowest BCUT2D eigenvalue weighted by Crippen LogP contribution is -2.23. The van der Waals surface area contributed by atoms with Gasteiger partial charge in [0.15, 0.2) is 0 Å². The van der Waals surface area contributed by atoms with E-state index in [-0.39, 0.29) is 30.5 Å². The van der Waals surface area contributed by atoms with Crippen molar-refractivity contribution < 1.29 is 32.7 Å². The Bertz CT molecular complexity index is 881. The highest BCUT2D eigenvalue weighted by atomic mass is 19.4. The van der Waals surface area contributed by atoms with Crippen LogP contribution in [0.1, 0.15) is 35.2 Å². The summed E-state index contributed by atoms with van der Waals surface area (Å²) in [4.78, 5) is 34.8. The van der Waals surface area contributed by atoms with Crippen molar-refractivity contribution in [2.45, 2.75) is 25.4 Å². The number of hydrogen-bond acceptors (Lipinski definition) is 4. The largest absolute Gasteiger partial charge is 0.550 e. The molecule has 0 unspecified atom stereocenters. The number of para-hydroxylation sites is 2. The number of anilines is 2. The SMILES string of the molecule is O=C([O-])CCCC(=O)Nc1ccccc1C(=O)Nc1ccccc1C(F)(F)F. The minimum atomic E-state index is -4.64. The highest BCUT2D eigenvalue weighted by Gasteiger charge is 2.33. The van der Waals surface area contributed by atoms with Crippen molar-refractivity contribution in [2.24, 2.45) is 0 Å². The number of hydrogen-bond donors (Lipinski definition) is 2. The molecule has 2 rings (SSSR count). The van der Waals surface area contributed by atoms with Crippen LogP contribution in [-0.4, -0.2) is 17.8 Å². The van der Waals surface area contributed by atoms with Gasteiger partial charge in [0.05, 0.1) is 22.5 Å². The molecule has 0 aliphatic rings. The number of benzene rings is 2. The van der Waals surface area contributed by atoms with Crippen molar-refractivity contribution in [1.82, 2.24) is 0 Å². The summed E-state index contributed by atoms with van der Waals surface area (Å²) in [6.45, 7) is 0. The zero-order valence-corrected chi connectivity index (χ0v) is 14.5. The molecule has 0 saturated heterocycles. The first kappa shape index (κ1) is 20.9. The van der Waals surface area contributed by atoms with Crippen molar-refractivity contribution in [3.05, 3.63) is 59.7 Å². The monoisotopic (exact) mass is 393 g/mol. The van der Waals surface area contributed by atoms with Gasteiger partial charge in [-0.05, 0) is 37.1 Å². The van der Waals surface area contributed by atoms with Gasteiger partial charge in [0, 0.05) is 12.4 Å². The fraction of sp³-hybridized carbons (Fsp3) is 0.211. The van der Waals surface area contributed by atoms with Crippen LogP contribution in [0, 0.1) is 0 Å². The lowest BCUT2D eigenvalue weighted by Gasteiger charge is -2.15. The fourth-order valence-corrected chi connectivity index (χ4v) is 2.43. The summed E-state index contributed by atoms with van der Waals surface area (Å²) < 4.78 is 39.2. The van der Waals surface area contributed by atoms with Crippen molar-refractivity contribution in [3.8, 4) is 0 Å². The average molecular weight is 393 g/mol. The summed E-state index contributed by atoms with van der Waals surface area (Å²) in [5, 5.41) is 15.0. The van der Waals surface area contributed by atoms with Gasteiger partial charge in [-0.2, -0.15) is 13.2 Å². The number of carbonyl (C=O) groups is 3. The van der Waals surface area contributed by atoms with Crippen LogP contribution in [0.5, 0.6) is 0 Å². The number of carbonyl (C=O) groups excluding carboxylic acids is 3. The number of amides is 2. The van der Waals surface area contributed by atoms with E-state index in [0.29, 0.717) is 0 Å². The number of aliphatic carboxylic acids is 1. The number of carboxylic acid groups (broad SMARTS) is 1. The van der Waals surface area contributed by atoms with Crippen LogP contribution in [0.15, 0.2) is 48.5 Å². The van der Waals surface area contributed by atoms with E-state index in [2.05, 4.69) is 10.6 Å². The van der Waals surface area contributed by atoms with E-state index in [1.807, 2.05) is 0 Å².